The van der Waals surface area contributed by atoms with E-state index in [2.05, 4.69) is 6.58 Å². The van der Waals surface area contributed by atoms with E-state index in [-0.39, 0.29) is 12.5 Å². The van der Waals surface area contributed by atoms with Crippen molar-refractivity contribution in [2.24, 2.45) is 0 Å². The van der Waals surface area contributed by atoms with Crippen molar-refractivity contribution in [1.29, 1.82) is 0 Å². The van der Waals surface area contributed by atoms with Gasteiger partial charge in [0.2, 0.25) is 0 Å². The van der Waals surface area contributed by atoms with Crippen molar-refractivity contribution in [1.82, 2.24) is 4.90 Å². The number of ether oxygens (including phenoxy) is 2. The lowest BCUT2D eigenvalue weighted by molar-refractivity contribution is -0.121. The Morgan fingerprint density at radius 2 is 1.97 bits per heavy atom. The molecule has 0 saturated carbocycles. The minimum Gasteiger partial charge on any atom is -0.490 e. The Balaban J connectivity index is 1.80. The summed E-state index contributed by atoms with van der Waals surface area (Å²) in [4.78, 5) is 14.6. The average molecular weight is 480 g/mol. The van der Waals surface area contributed by atoms with E-state index in [0.29, 0.717) is 43.9 Å². The van der Waals surface area contributed by atoms with Crippen LogP contribution in [0.3, 0.4) is 0 Å². The van der Waals surface area contributed by atoms with Gasteiger partial charge >= 0.3 is 0 Å². The van der Waals surface area contributed by atoms with Gasteiger partial charge in [0.05, 0.1) is 11.5 Å². The number of amides is 1. The first kappa shape index (κ1) is 22.7. The predicted molar refractivity (Wildman–Crippen MR) is 128 cm³/mol. The van der Waals surface area contributed by atoms with Gasteiger partial charge in [-0.3, -0.25) is 9.69 Å². The summed E-state index contributed by atoms with van der Waals surface area (Å²) in [6.45, 7) is 6.70. The van der Waals surface area contributed by atoms with Gasteiger partial charge in [0, 0.05) is 22.2 Å². The molecule has 0 unspecified atom stereocenters. The summed E-state index contributed by atoms with van der Waals surface area (Å²) in [5, 5.41) is 1.11. The average Bonchev–Trinajstić information content (AvgIpc) is 2.96. The Morgan fingerprint density at radius 3 is 2.67 bits per heavy atom. The Morgan fingerprint density at radius 1 is 1.17 bits per heavy atom. The topological polar surface area (TPSA) is 38.8 Å². The van der Waals surface area contributed by atoms with E-state index < -0.39 is 0 Å². The number of hydrogen-bond donors (Lipinski definition) is 0. The van der Waals surface area contributed by atoms with Crippen LogP contribution in [-0.4, -0.2) is 28.3 Å². The van der Waals surface area contributed by atoms with Crippen molar-refractivity contribution < 1.29 is 14.3 Å². The van der Waals surface area contributed by atoms with Crippen molar-refractivity contribution in [3.63, 3.8) is 0 Å². The molecule has 1 heterocycles. The van der Waals surface area contributed by atoms with Gasteiger partial charge in [0.1, 0.15) is 10.9 Å². The third-order valence-corrected chi connectivity index (χ3v) is 6.11. The molecule has 0 spiro atoms. The van der Waals surface area contributed by atoms with Crippen LogP contribution in [0.25, 0.3) is 6.08 Å². The number of carbonyl (C=O) groups is 1. The maximum Gasteiger partial charge on any atom is 0.266 e. The summed E-state index contributed by atoms with van der Waals surface area (Å²) >= 11 is 18.7. The molecule has 1 aliphatic rings. The van der Waals surface area contributed by atoms with Crippen LogP contribution in [0.4, 0.5) is 0 Å². The maximum absolute atomic E-state index is 12.5. The lowest BCUT2D eigenvalue weighted by Gasteiger charge is -2.13. The third kappa shape index (κ3) is 5.38. The van der Waals surface area contributed by atoms with Crippen LogP contribution in [0.2, 0.25) is 10.0 Å². The number of benzene rings is 2. The van der Waals surface area contributed by atoms with Crippen LogP contribution >= 0.6 is 47.2 Å². The molecule has 2 aromatic carbocycles. The van der Waals surface area contributed by atoms with Gasteiger partial charge < -0.3 is 9.47 Å². The Labute approximate surface area is 195 Å². The van der Waals surface area contributed by atoms with E-state index in [1.807, 2.05) is 31.2 Å². The first-order valence-electron chi connectivity index (χ1n) is 9.12. The summed E-state index contributed by atoms with van der Waals surface area (Å²) < 4.78 is 12.2. The van der Waals surface area contributed by atoms with E-state index >= 15 is 0 Å². The van der Waals surface area contributed by atoms with Crippen molar-refractivity contribution in [2.75, 3.05) is 13.2 Å². The molecule has 0 bridgehead atoms. The fraction of sp³-hybridized carbons (Fsp3) is 0.182. The summed E-state index contributed by atoms with van der Waals surface area (Å²) in [6, 6.07) is 10.8. The predicted octanol–water partition coefficient (Wildman–Crippen LogP) is 6.36. The second kappa shape index (κ2) is 10.4. The van der Waals surface area contributed by atoms with Gasteiger partial charge in [0.25, 0.3) is 5.91 Å². The number of halogens is 2. The summed E-state index contributed by atoms with van der Waals surface area (Å²) in [6.07, 6.45) is 3.45. The van der Waals surface area contributed by atoms with Crippen LogP contribution < -0.4 is 9.47 Å². The molecule has 0 atom stereocenters. The highest BCUT2D eigenvalue weighted by atomic mass is 35.5. The van der Waals surface area contributed by atoms with Crippen molar-refractivity contribution in [3.8, 4) is 11.5 Å². The Bertz CT molecular complexity index is 1020. The number of carbonyl (C=O) groups excluding carboxylic acids is 1. The lowest BCUT2D eigenvalue weighted by Crippen LogP contribution is -2.27. The zero-order chi connectivity index (χ0) is 21.7. The fourth-order valence-corrected chi connectivity index (χ4v) is 4.47. The zero-order valence-corrected chi connectivity index (χ0v) is 19.3. The fourth-order valence-electron chi connectivity index (χ4n) is 2.73. The normalized spacial score (nSPS) is 15.0. The summed E-state index contributed by atoms with van der Waals surface area (Å²) in [5.74, 6) is 1.04. The highest BCUT2D eigenvalue weighted by molar-refractivity contribution is 8.26. The molecule has 0 aromatic heterocycles. The molecule has 1 aliphatic heterocycles. The number of thioether (sulfide) groups is 1. The maximum atomic E-state index is 12.5. The molecule has 156 valence electrons. The monoisotopic (exact) mass is 479 g/mol. The van der Waals surface area contributed by atoms with Crippen LogP contribution in [0.1, 0.15) is 18.1 Å². The largest absolute Gasteiger partial charge is 0.490 e. The van der Waals surface area contributed by atoms with Crippen molar-refractivity contribution >= 4 is 63.5 Å². The first-order chi connectivity index (χ1) is 14.4. The zero-order valence-electron chi connectivity index (χ0n) is 16.2. The molecule has 1 saturated heterocycles. The molecule has 8 heteroatoms. The standard InChI is InChI=1S/C22H19Cl2NO3S2/c1-3-9-25-21(26)20(30-22(25)29)11-14-5-8-18(19(10-14)27-4-2)28-13-15-6-7-16(23)12-17(15)24/h3,5-8,10-12H,1,4,9,13H2,2H3. The summed E-state index contributed by atoms with van der Waals surface area (Å²) in [5.41, 5.74) is 1.63. The molecule has 2 aromatic rings. The minimum absolute atomic E-state index is 0.124. The highest BCUT2D eigenvalue weighted by Crippen LogP contribution is 2.35. The molecule has 0 radical (unpaired) electrons. The number of thiocarbonyl (C=S) groups is 1. The number of rotatable bonds is 8. The molecule has 3 rings (SSSR count). The molecular formula is C22H19Cl2NO3S2. The van der Waals surface area contributed by atoms with E-state index in [1.54, 1.807) is 24.3 Å². The minimum atomic E-state index is -0.124. The van der Waals surface area contributed by atoms with Gasteiger partial charge in [0.15, 0.2) is 11.5 Å². The number of nitrogens with zero attached hydrogens (tertiary/aromatic N) is 1. The van der Waals surface area contributed by atoms with Crippen molar-refractivity contribution in [3.05, 3.63) is 75.1 Å². The smallest absolute Gasteiger partial charge is 0.266 e. The molecule has 30 heavy (non-hydrogen) atoms. The second-order valence-corrected chi connectivity index (χ2v) is 8.76. The highest BCUT2D eigenvalue weighted by Gasteiger charge is 2.31. The van der Waals surface area contributed by atoms with Gasteiger partial charge in [-0.1, -0.05) is 65.4 Å². The quantitative estimate of drug-likeness (QED) is 0.250. The van der Waals surface area contributed by atoms with E-state index in [1.165, 1.54) is 16.7 Å². The van der Waals surface area contributed by atoms with Gasteiger partial charge in [-0.15, -0.1) is 6.58 Å². The Kier molecular flexibility index (Phi) is 7.83. The molecular weight excluding hydrogens is 461 g/mol. The summed E-state index contributed by atoms with van der Waals surface area (Å²) in [7, 11) is 0. The lowest BCUT2D eigenvalue weighted by atomic mass is 10.1. The second-order valence-electron chi connectivity index (χ2n) is 6.24. The van der Waals surface area contributed by atoms with E-state index in [9.17, 15) is 4.79 Å². The molecule has 0 N–H and O–H groups in total. The first-order valence-corrected chi connectivity index (χ1v) is 11.1. The van der Waals surface area contributed by atoms with Crippen LogP contribution in [0.5, 0.6) is 11.5 Å². The SMILES string of the molecule is C=CCN1C(=O)C(=Cc2ccc(OCc3ccc(Cl)cc3Cl)c(OCC)c2)SC1=S. The molecule has 4 nitrogen and oxygen atoms in total. The van der Waals surface area contributed by atoms with Crippen LogP contribution in [0, 0.1) is 0 Å². The third-order valence-electron chi connectivity index (χ3n) is 4.15. The van der Waals surface area contributed by atoms with E-state index in [4.69, 9.17) is 44.9 Å². The van der Waals surface area contributed by atoms with Crippen LogP contribution in [-0.2, 0) is 11.4 Å². The van der Waals surface area contributed by atoms with Crippen molar-refractivity contribution in [2.45, 2.75) is 13.5 Å². The molecule has 1 fully saturated rings. The van der Waals surface area contributed by atoms with Crippen LogP contribution in [0.15, 0.2) is 54.0 Å². The Hall–Kier alpha value is -1.99. The molecule has 0 aliphatic carbocycles. The molecule has 1 amide bonds. The van der Waals surface area contributed by atoms with E-state index in [0.717, 1.165) is 11.1 Å². The number of hydrogen-bond acceptors (Lipinski definition) is 5. The van der Waals surface area contributed by atoms with Gasteiger partial charge in [-0.05, 0) is 42.8 Å². The van der Waals surface area contributed by atoms with Gasteiger partial charge in [-0.25, -0.2) is 0 Å². The van der Waals surface area contributed by atoms with Gasteiger partial charge in [-0.2, -0.15) is 0 Å².